The van der Waals surface area contributed by atoms with Crippen LogP contribution in [0.15, 0.2) is 71.7 Å². The van der Waals surface area contributed by atoms with Crippen molar-refractivity contribution in [3.05, 3.63) is 66.8 Å². The topological polar surface area (TPSA) is 107 Å². The average molecular weight is 847 g/mol. The Bertz CT molecular complexity index is 1650. The summed E-state index contributed by atoms with van der Waals surface area (Å²) in [4.78, 5) is 11.1. The minimum Gasteiger partial charge on any atom is -0.414 e. The van der Waals surface area contributed by atoms with E-state index in [1.165, 1.54) is 6.08 Å². The fourth-order valence-corrected chi connectivity index (χ4v) is 11.9. The molecule has 322 valence electrons. The number of hydrogen-bond donors (Lipinski definition) is 0. The lowest BCUT2D eigenvalue weighted by Crippen LogP contribution is -2.49. The van der Waals surface area contributed by atoms with Gasteiger partial charge in [-0.15, -0.1) is 0 Å². The molecule has 3 heterocycles. The normalized spacial score (nSPS) is 30.0. The first-order valence-electron chi connectivity index (χ1n) is 21.0. The standard InChI is InChI=1S/C45H74O9SSi2/c1-31-25-35(22-23-39-32(2)26-34(51-39)19-18-24-46)52-40(33(31)3)28-41-38(30-55(47,48)37-20-16-15-17-21-37)43(49-10)42(53-41)27-36(54-57(13,14)45(7,8)9)29-50-56(11,12)44(4,5)6/h15-21,24,31,34-36,38-43H,2-3,22-23,25-30H2,1,4-14H3/t31-,34+,35+,36+,38+,39+,40-,41+,42-,43-/m1/s1. The van der Waals surface area contributed by atoms with E-state index in [1.807, 2.05) is 6.07 Å². The van der Waals surface area contributed by atoms with Gasteiger partial charge in [0.25, 0.3) is 0 Å². The lowest BCUT2D eigenvalue weighted by molar-refractivity contribution is -0.104. The molecule has 4 rings (SSSR count). The predicted molar refractivity (Wildman–Crippen MR) is 234 cm³/mol. The first-order valence-corrected chi connectivity index (χ1v) is 28.4. The Morgan fingerprint density at radius 1 is 0.912 bits per heavy atom. The smallest absolute Gasteiger partial charge is 0.192 e. The van der Waals surface area contributed by atoms with Crippen LogP contribution in [0.1, 0.15) is 87.0 Å². The van der Waals surface area contributed by atoms with Crippen LogP contribution in [-0.2, 0) is 42.4 Å². The largest absolute Gasteiger partial charge is 0.414 e. The summed E-state index contributed by atoms with van der Waals surface area (Å²) in [5.74, 6) is -0.371. The van der Waals surface area contributed by atoms with Gasteiger partial charge in [0.15, 0.2) is 26.5 Å². The van der Waals surface area contributed by atoms with Crippen LogP contribution in [0.2, 0.25) is 36.3 Å². The third kappa shape index (κ3) is 12.4. The van der Waals surface area contributed by atoms with E-state index >= 15 is 0 Å². The fourth-order valence-electron chi connectivity index (χ4n) is 7.82. The van der Waals surface area contributed by atoms with E-state index in [2.05, 4.69) is 87.8 Å². The van der Waals surface area contributed by atoms with E-state index in [-0.39, 0.29) is 57.2 Å². The van der Waals surface area contributed by atoms with Gasteiger partial charge < -0.3 is 27.8 Å². The molecule has 0 bridgehead atoms. The third-order valence-electron chi connectivity index (χ3n) is 13.5. The Morgan fingerprint density at radius 3 is 2.16 bits per heavy atom. The van der Waals surface area contributed by atoms with Gasteiger partial charge in [-0.25, -0.2) is 8.42 Å². The van der Waals surface area contributed by atoms with Gasteiger partial charge in [0.2, 0.25) is 0 Å². The van der Waals surface area contributed by atoms with Crippen LogP contribution in [0.25, 0.3) is 0 Å². The summed E-state index contributed by atoms with van der Waals surface area (Å²) in [7, 11) is -6.39. The molecule has 0 aliphatic carbocycles. The average Bonchev–Trinajstić information content (AvgIpc) is 3.63. The summed E-state index contributed by atoms with van der Waals surface area (Å²) >= 11 is 0. The maximum absolute atomic E-state index is 14.1. The van der Waals surface area contributed by atoms with E-state index in [0.29, 0.717) is 25.9 Å². The highest BCUT2D eigenvalue weighted by Gasteiger charge is 2.50. The molecule has 0 amide bonds. The highest BCUT2D eigenvalue weighted by Crippen LogP contribution is 2.44. The van der Waals surface area contributed by atoms with Gasteiger partial charge in [-0.2, -0.15) is 0 Å². The van der Waals surface area contributed by atoms with Crippen molar-refractivity contribution >= 4 is 32.8 Å². The van der Waals surface area contributed by atoms with Crippen LogP contribution in [-0.4, -0.2) is 99.6 Å². The number of hydrogen-bond acceptors (Lipinski definition) is 9. The van der Waals surface area contributed by atoms with Crippen LogP contribution < -0.4 is 0 Å². The molecule has 0 saturated carbocycles. The summed E-state index contributed by atoms with van der Waals surface area (Å²) in [6.07, 6.45) is 5.86. The first kappa shape index (κ1) is 47.9. The Balaban J connectivity index is 1.60. The maximum atomic E-state index is 14.1. The molecular formula is C45H74O9SSi2. The molecule has 0 aromatic heterocycles. The van der Waals surface area contributed by atoms with Crippen molar-refractivity contribution in [2.24, 2.45) is 11.8 Å². The second-order valence-electron chi connectivity index (χ2n) is 19.8. The summed E-state index contributed by atoms with van der Waals surface area (Å²) in [6.45, 7) is 33.8. The molecule has 57 heavy (non-hydrogen) atoms. The van der Waals surface area contributed by atoms with Crippen LogP contribution >= 0.6 is 0 Å². The van der Waals surface area contributed by atoms with E-state index < -0.39 is 50.7 Å². The number of methoxy groups -OCH3 is 1. The third-order valence-corrected chi connectivity index (χ3v) is 24.3. The highest BCUT2D eigenvalue weighted by atomic mass is 32.2. The van der Waals surface area contributed by atoms with Crippen LogP contribution in [0.4, 0.5) is 0 Å². The van der Waals surface area contributed by atoms with Crippen LogP contribution in [0.3, 0.4) is 0 Å². The lowest BCUT2D eigenvalue weighted by atomic mass is 9.83. The molecule has 3 fully saturated rings. The van der Waals surface area contributed by atoms with Crippen molar-refractivity contribution in [1.82, 2.24) is 0 Å². The number of rotatable bonds is 18. The molecule has 3 saturated heterocycles. The molecule has 1 aromatic carbocycles. The van der Waals surface area contributed by atoms with Gasteiger partial charge in [-0.1, -0.05) is 85.9 Å². The summed E-state index contributed by atoms with van der Waals surface area (Å²) in [6, 6.07) is 8.65. The zero-order valence-corrected chi connectivity index (χ0v) is 39.9. The Morgan fingerprint density at radius 2 is 1.56 bits per heavy atom. The van der Waals surface area contributed by atoms with E-state index in [1.54, 1.807) is 37.5 Å². The van der Waals surface area contributed by atoms with E-state index in [9.17, 15) is 13.2 Å². The number of sulfone groups is 1. The Kier molecular flexibility index (Phi) is 16.2. The molecule has 0 spiro atoms. The summed E-state index contributed by atoms with van der Waals surface area (Å²) < 4.78 is 68.4. The van der Waals surface area contributed by atoms with Gasteiger partial charge in [-0.3, -0.25) is 4.79 Å². The number of carbonyl (C=O) groups excluding carboxylic acids is 1. The highest BCUT2D eigenvalue weighted by molar-refractivity contribution is 7.91. The maximum Gasteiger partial charge on any atom is 0.192 e. The van der Waals surface area contributed by atoms with Crippen LogP contribution in [0, 0.1) is 11.8 Å². The molecule has 1 aromatic rings. The zero-order chi connectivity index (χ0) is 42.6. The van der Waals surface area contributed by atoms with Gasteiger partial charge in [0.05, 0.1) is 66.1 Å². The first-order chi connectivity index (χ1) is 26.4. The minimum atomic E-state index is -3.69. The molecular weight excluding hydrogens is 773 g/mol. The fraction of sp³-hybridized carbons (Fsp3) is 0.711. The number of benzene rings is 1. The van der Waals surface area contributed by atoms with Crippen molar-refractivity contribution in [1.29, 1.82) is 0 Å². The SMILES string of the molecule is C=C1C[C@H](C=CC=O)O[C@H]1CC[C@H]1C[C@@H](C)C(=C)[C@@H](C[C@@H]2O[C@H](C[C@@H](CO[Si](C)(C)C(C)(C)C)O[Si](C)(C)C(C)(C)C)[C@H](OC)[C@H]2CS(=O)(=O)c2ccccc2)O1. The van der Waals surface area contributed by atoms with Gasteiger partial charge >= 0.3 is 0 Å². The van der Waals surface area contributed by atoms with Crippen molar-refractivity contribution in [2.75, 3.05) is 19.5 Å². The summed E-state index contributed by atoms with van der Waals surface area (Å²) in [5, 5.41) is 0.00812. The zero-order valence-electron chi connectivity index (χ0n) is 37.0. The predicted octanol–water partition coefficient (Wildman–Crippen LogP) is 9.65. The van der Waals surface area contributed by atoms with Gasteiger partial charge in [0.1, 0.15) is 6.29 Å². The van der Waals surface area contributed by atoms with Crippen LogP contribution in [0.5, 0.6) is 0 Å². The molecule has 10 atom stereocenters. The molecule has 12 heteroatoms. The van der Waals surface area contributed by atoms with Crippen molar-refractivity contribution in [3.8, 4) is 0 Å². The van der Waals surface area contributed by atoms with E-state index in [4.69, 9.17) is 27.8 Å². The monoisotopic (exact) mass is 846 g/mol. The molecule has 3 aliphatic heterocycles. The van der Waals surface area contributed by atoms with E-state index in [0.717, 1.165) is 36.7 Å². The van der Waals surface area contributed by atoms with Crippen molar-refractivity contribution in [2.45, 2.75) is 177 Å². The molecule has 0 radical (unpaired) electrons. The second-order valence-corrected chi connectivity index (χ2v) is 31.4. The van der Waals surface area contributed by atoms with Crippen molar-refractivity contribution < 1.29 is 41.0 Å². The number of carbonyl (C=O) groups is 1. The lowest BCUT2D eigenvalue weighted by Gasteiger charge is -2.42. The van der Waals surface area contributed by atoms with Gasteiger partial charge in [-0.05, 0) is 90.8 Å². The Labute approximate surface area is 347 Å². The number of allylic oxidation sites excluding steroid dienone is 1. The number of ether oxygens (including phenoxy) is 4. The molecule has 0 unspecified atom stereocenters. The quantitative estimate of drug-likeness (QED) is 0.0618. The number of aldehydes is 1. The molecule has 3 aliphatic rings. The molecule has 0 N–H and O–H groups in total. The van der Waals surface area contributed by atoms with Crippen molar-refractivity contribution in [3.63, 3.8) is 0 Å². The molecule has 9 nitrogen and oxygen atoms in total. The minimum absolute atomic E-state index is 0.0214. The second kappa shape index (κ2) is 19.3. The Hall–Kier alpha value is -1.75. The summed E-state index contributed by atoms with van der Waals surface area (Å²) in [5.41, 5.74) is 2.03. The van der Waals surface area contributed by atoms with Gasteiger partial charge in [0, 0.05) is 32.3 Å².